The van der Waals surface area contributed by atoms with Gasteiger partial charge in [-0.15, -0.1) is 0 Å². The van der Waals surface area contributed by atoms with Gasteiger partial charge in [0.15, 0.2) is 0 Å². The lowest BCUT2D eigenvalue weighted by Gasteiger charge is -2.14. The summed E-state index contributed by atoms with van der Waals surface area (Å²) in [5.74, 6) is -0.209. The second kappa shape index (κ2) is 4.45. The van der Waals surface area contributed by atoms with E-state index in [1.54, 1.807) is 19.1 Å². The van der Waals surface area contributed by atoms with Crippen molar-refractivity contribution in [3.8, 4) is 0 Å². The number of halogens is 1. The van der Waals surface area contributed by atoms with Crippen LogP contribution in [0.3, 0.4) is 0 Å². The molecule has 1 atom stereocenters. The Hall–Kier alpha value is -1.67. The van der Waals surface area contributed by atoms with Crippen molar-refractivity contribution < 1.29 is 4.39 Å². The van der Waals surface area contributed by atoms with Gasteiger partial charge in [-0.05, 0) is 18.1 Å². The Morgan fingerprint density at radius 3 is 2.38 bits per heavy atom. The molecule has 16 heavy (non-hydrogen) atoms. The third-order valence-electron chi connectivity index (χ3n) is 2.72. The van der Waals surface area contributed by atoms with E-state index in [9.17, 15) is 4.39 Å². The van der Waals surface area contributed by atoms with Crippen LogP contribution in [0.25, 0.3) is 0 Å². The number of hydrogen-bond acceptors (Lipinski definition) is 1. The van der Waals surface area contributed by atoms with Crippen LogP contribution in [0.2, 0.25) is 0 Å². The Bertz CT molecular complexity index is 479. The van der Waals surface area contributed by atoms with Crippen molar-refractivity contribution in [1.29, 1.82) is 0 Å². The highest BCUT2D eigenvalue weighted by molar-refractivity contribution is 5.34. The molecule has 0 fully saturated rings. The standard InChI is InChI=1S/C14H14FN/c1-10-6-5-9-12(13(10)15)14(16)11-7-3-2-4-8-11/h2-9,14H,16H2,1H3. The van der Waals surface area contributed by atoms with E-state index >= 15 is 0 Å². The minimum Gasteiger partial charge on any atom is -0.320 e. The van der Waals surface area contributed by atoms with Gasteiger partial charge in [0.2, 0.25) is 0 Å². The van der Waals surface area contributed by atoms with Crippen molar-refractivity contribution in [2.45, 2.75) is 13.0 Å². The molecular formula is C14H14FN. The third-order valence-corrected chi connectivity index (χ3v) is 2.72. The van der Waals surface area contributed by atoms with Gasteiger partial charge in [0.1, 0.15) is 5.82 Å². The summed E-state index contributed by atoms with van der Waals surface area (Å²) >= 11 is 0. The van der Waals surface area contributed by atoms with E-state index in [0.717, 1.165) is 5.56 Å². The Morgan fingerprint density at radius 1 is 1.00 bits per heavy atom. The molecule has 0 aliphatic heterocycles. The van der Waals surface area contributed by atoms with Crippen LogP contribution in [-0.4, -0.2) is 0 Å². The van der Waals surface area contributed by atoms with Gasteiger partial charge in [0, 0.05) is 5.56 Å². The van der Waals surface area contributed by atoms with E-state index in [-0.39, 0.29) is 5.82 Å². The van der Waals surface area contributed by atoms with Crippen LogP contribution in [0, 0.1) is 12.7 Å². The van der Waals surface area contributed by atoms with E-state index in [1.165, 1.54) is 0 Å². The molecule has 0 saturated carbocycles. The molecule has 0 aromatic heterocycles. The van der Waals surface area contributed by atoms with Gasteiger partial charge < -0.3 is 5.73 Å². The number of hydrogen-bond donors (Lipinski definition) is 1. The Balaban J connectivity index is 2.42. The molecule has 1 nitrogen and oxygen atoms in total. The average molecular weight is 215 g/mol. The van der Waals surface area contributed by atoms with Gasteiger partial charge >= 0.3 is 0 Å². The van der Waals surface area contributed by atoms with Crippen molar-refractivity contribution in [2.24, 2.45) is 5.73 Å². The fourth-order valence-corrected chi connectivity index (χ4v) is 1.75. The second-order valence-electron chi connectivity index (χ2n) is 3.87. The summed E-state index contributed by atoms with van der Waals surface area (Å²) in [6, 6.07) is 14.5. The molecule has 2 rings (SSSR count). The minimum atomic E-state index is -0.402. The molecular weight excluding hydrogens is 201 g/mol. The summed E-state index contributed by atoms with van der Waals surface area (Å²) < 4.78 is 13.9. The highest BCUT2D eigenvalue weighted by Gasteiger charge is 2.13. The molecule has 1 unspecified atom stereocenters. The summed E-state index contributed by atoms with van der Waals surface area (Å²) in [5, 5.41) is 0. The summed E-state index contributed by atoms with van der Waals surface area (Å²) in [7, 11) is 0. The number of rotatable bonds is 2. The number of aryl methyl sites for hydroxylation is 1. The molecule has 2 N–H and O–H groups in total. The highest BCUT2D eigenvalue weighted by atomic mass is 19.1. The maximum Gasteiger partial charge on any atom is 0.131 e. The average Bonchev–Trinajstić information content (AvgIpc) is 2.33. The second-order valence-corrected chi connectivity index (χ2v) is 3.87. The summed E-state index contributed by atoms with van der Waals surface area (Å²) in [4.78, 5) is 0. The van der Waals surface area contributed by atoms with Crippen molar-refractivity contribution in [1.82, 2.24) is 0 Å². The molecule has 2 aromatic carbocycles. The summed E-state index contributed by atoms with van der Waals surface area (Å²) in [5.41, 5.74) is 8.15. The zero-order valence-corrected chi connectivity index (χ0v) is 9.15. The predicted octanol–water partition coefficient (Wildman–Crippen LogP) is 3.18. The summed E-state index contributed by atoms with van der Waals surface area (Å²) in [6.07, 6.45) is 0. The molecule has 0 radical (unpaired) electrons. The Labute approximate surface area is 94.7 Å². The van der Waals surface area contributed by atoms with Gasteiger partial charge in [-0.1, -0.05) is 48.5 Å². The van der Waals surface area contributed by atoms with Gasteiger partial charge in [0.05, 0.1) is 6.04 Å². The number of nitrogens with two attached hydrogens (primary N) is 1. The smallest absolute Gasteiger partial charge is 0.131 e. The molecule has 0 aliphatic carbocycles. The lowest BCUT2D eigenvalue weighted by Crippen LogP contribution is -2.13. The zero-order chi connectivity index (χ0) is 11.5. The monoisotopic (exact) mass is 215 g/mol. The first-order valence-corrected chi connectivity index (χ1v) is 5.25. The van der Waals surface area contributed by atoms with Crippen molar-refractivity contribution in [3.05, 3.63) is 71.0 Å². The van der Waals surface area contributed by atoms with Crippen LogP contribution in [0.15, 0.2) is 48.5 Å². The topological polar surface area (TPSA) is 26.0 Å². The third kappa shape index (κ3) is 1.97. The zero-order valence-electron chi connectivity index (χ0n) is 9.15. The fraction of sp³-hybridized carbons (Fsp3) is 0.143. The van der Waals surface area contributed by atoms with Gasteiger partial charge in [-0.25, -0.2) is 4.39 Å². The van der Waals surface area contributed by atoms with E-state index in [4.69, 9.17) is 5.73 Å². The first-order valence-electron chi connectivity index (χ1n) is 5.25. The highest BCUT2D eigenvalue weighted by Crippen LogP contribution is 2.23. The predicted molar refractivity (Wildman–Crippen MR) is 63.6 cm³/mol. The lowest BCUT2D eigenvalue weighted by atomic mass is 9.97. The van der Waals surface area contributed by atoms with E-state index < -0.39 is 6.04 Å². The van der Waals surface area contributed by atoms with E-state index in [1.807, 2.05) is 36.4 Å². The molecule has 0 heterocycles. The summed E-state index contributed by atoms with van der Waals surface area (Å²) in [6.45, 7) is 1.75. The Kier molecular flexibility index (Phi) is 3.02. The fourth-order valence-electron chi connectivity index (χ4n) is 1.75. The molecule has 82 valence electrons. The molecule has 2 aromatic rings. The van der Waals surface area contributed by atoms with Crippen LogP contribution in [-0.2, 0) is 0 Å². The first kappa shape index (κ1) is 10.8. The lowest BCUT2D eigenvalue weighted by molar-refractivity contribution is 0.591. The minimum absolute atomic E-state index is 0.209. The Morgan fingerprint density at radius 2 is 1.69 bits per heavy atom. The first-order chi connectivity index (χ1) is 7.70. The molecule has 0 saturated heterocycles. The largest absolute Gasteiger partial charge is 0.320 e. The molecule has 2 heteroatoms. The van der Waals surface area contributed by atoms with E-state index in [0.29, 0.717) is 11.1 Å². The molecule has 0 spiro atoms. The van der Waals surface area contributed by atoms with Crippen LogP contribution in [0.4, 0.5) is 4.39 Å². The van der Waals surface area contributed by atoms with Crippen molar-refractivity contribution in [3.63, 3.8) is 0 Å². The maximum atomic E-state index is 13.9. The van der Waals surface area contributed by atoms with Gasteiger partial charge in [-0.2, -0.15) is 0 Å². The van der Waals surface area contributed by atoms with Crippen molar-refractivity contribution >= 4 is 0 Å². The van der Waals surface area contributed by atoms with Gasteiger partial charge in [0.25, 0.3) is 0 Å². The van der Waals surface area contributed by atoms with Crippen LogP contribution in [0.1, 0.15) is 22.7 Å². The van der Waals surface area contributed by atoms with Crippen LogP contribution >= 0.6 is 0 Å². The SMILES string of the molecule is Cc1cccc(C(N)c2ccccc2)c1F. The molecule has 0 aliphatic rings. The quantitative estimate of drug-likeness (QED) is 0.818. The maximum absolute atomic E-state index is 13.9. The van der Waals surface area contributed by atoms with Gasteiger partial charge in [-0.3, -0.25) is 0 Å². The van der Waals surface area contributed by atoms with E-state index in [2.05, 4.69) is 0 Å². The van der Waals surface area contributed by atoms with Crippen LogP contribution in [0.5, 0.6) is 0 Å². The van der Waals surface area contributed by atoms with Crippen LogP contribution < -0.4 is 5.73 Å². The molecule has 0 amide bonds. The normalized spacial score (nSPS) is 12.4. The van der Waals surface area contributed by atoms with Crippen molar-refractivity contribution in [2.75, 3.05) is 0 Å². The number of benzene rings is 2. The molecule has 0 bridgehead atoms.